The van der Waals surface area contributed by atoms with Crippen LogP contribution in [0.25, 0.3) is 0 Å². The number of halogens is 1. The van der Waals surface area contributed by atoms with Gasteiger partial charge in [-0.25, -0.2) is 0 Å². The van der Waals surface area contributed by atoms with E-state index in [1.54, 1.807) is 26.0 Å². The Bertz CT molecular complexity index is 302. The molecule has 1 rings (SSSR count). The van der Waals surface area contributed by atoms with Crippen molar-refractivity contribution in [1.82, 2.24) is 0 Å². The van der Waals surface area contributed by atoms with Crippen molar-refractivity contribution in [3.05, 3.63) is 16.6 Å². The number of hydrogen-bond donors (Lipinski definition) is 0. The number of benzene rings is 1. The standard InChI is InChI=1S/C9H11BrO2S/c1-11-7-5-4-6(10)8(12-2)9(7)13-3/h4-5H,1-3H3. The Hall–Kier alpha value is -0.350. The van der Waals surface area contributed by atoms with Crippen LogP contribution in [0.3, 0.4) is 0 Å². The summed E-state index contributed by atoms with van der Waals surface area (Å²) in [6.45, 7) is 0. The van der Waals surface area contributed by atoms with Crippen LogP contribution in [0, 0.1) is 0 Å². The fourth-order valence-electron chi connectivity index (χ4n) is 1.06. The van der Waals surface area contributed by atoms with Gasteiger partial charge in [0.05, 0.1) is 23.6 Å². The largest absolute Gasteiger partial charge is 0.495 e. The van der Waals surface area contributed by atoms with E-state index >= 15 is 0 Å². The summed E-state index contributed by atoms with van der Waals surface area (Å²) < 4.78 is 11.4. The van der Waals surface area contributed by atoms with Crippen molar-refractivity contribution in [2.75, 3.05) is 20.5 Å². The normalized spacial score (nSPS) is 9.85. The van der Waals surface area contributed by atoms with Gasteiger partial charge in [0.2, 0.25) is 0 Å². The summed E-state index contributed by atoms with van der Waals surface area (Å²) >= 11 is 5.02. The first-order valence-electron chi connectivity index (χ1n) is 3.69. The summed E-state index contributed by atoms with van der Waals surface area (Å²) in [5.74, 6) is 1.67. The van der Waals surface area contributed by atoms with E-state index in [1.165, 1.54) is 0 Å². The van der Waals surface area contributed by atoms with Gasteiger partial charge in [-0.05, 0) is 34.3 Å². The number of hydrogen-bond acceptors (Lipinski definition) is 3. The molecular formula is C9H11BrO2S. The molecule has 0 fully saturated rings. The first-order chi connectivity index (χ1) is 6.24. The lowest BCUT2D eigenvalue weighted by molar-refractivity contribution is 0.375. The minimum absolute atomic E-state index is 0.826. The molecule has 0 N–H and O–H groups in total. The second kappa shape index (κ2) is 4.77. The second-order valence-corrected chi connectivity index (χ2v) is 3.99. The molecule has 4 heteroatoms. The van der Waals surface area contributed by atoms with E-state index in [1.807, 2.05) is 18.4 Å². The molecule has 0 radical (unpaired) electrons. The first kappa shape index (κ1) is 10.7. The van der Waals surface area contributed by atoms with Gasteiger partial charge in [0, 0.05) is 0 Å². The maximum absolute atomic E-state index is 5.26. The highest BCUT2D eigenvalue weighted by molar-refractivity contribution is 9.10. The van der Waals surface area contributed by atoms with Gasteiger partial charge in [-0.2, -0.15) is 0 Å². The van der Waals surface area contributed by atoms with E-state index < -0.39 is 0 Å². The number of ether oxygens (including phenoxy) is 2. The highest BCUT2D eigenvalue weighted by Crippen LogP contribution is 2.41. The number of methoxy groups -OCH3 is 2. The first-order valence-corrected chi connectivity index (χ1v) is 5.70. The van der Waals surface area contributed by atoms with Crippen LogP contribution in [0.15, 0.2) is 21.5 Å². The molecule has 0 saturated heterocycles. The summed E-state index contributed by atoms with van der Waals surface area (Å²) in [6.07, 6.45) is 1.99. The van der Waals surface area contributed by atoms with Gasteiger partial charge in [0.15, 0.2) is 0 Å². The molecular weight excluding hydrogens is 252 g/mol. The molecule has 2 nitrogen and oxygen atoms in total. The zero-order valence-electron chi connectivity index (χ0n) is 7.76. The highest BCUT2D eigenvalue weighted by atomic mass is 79.9. The average Bonchev–Trinajstić information content (AvgIpc) is 2.17. The predicted octanol–water partition coefficient (Wildman–Crippen LogP) is 3.19. The second-order valence-electron chi connectivity index (χ2n) is 2.32. The number of thioether (sulfide) groups is 1. The molecule has 0 amide bonds. The smallest absolute Gasteiger partial charge is 0.150 e. The van der Waals surface area contributed by atoms with Crippen molar-refractivity contribution in [1.29, 1.82) is 0 Å². The molecule has 0 heterocycles. The maximum Gasteiger partial charge on any atom is 0.150 e. The molecule has 0 saturated carbocycles. The van der Waals surface area contributed by atoms with Crippen LogP contribution in [0.1, 0.15) is 0 Å². The van der Waals surface area contributed by atoms with Crippen LogP contribution in [0.5, 0.6) is 11.5 Å². The Kier molecular flexibility index (Phi) is 3.93. The molecule has 0 spiro atoms. The summed E-state index contributed by atoms with van der Waals surface area (Å²) in [7, 11) is 3.31. The molecule has 0 bridgehead atoms. The molecule has 72 valence electrons. The highest BCUT2D eigenvalue weighted by Gasteiger charge is 2.11. The van der Waals surface area contributed by atoms with Gasteiger partial charge in [-0.3, -0.25) is 0 Å². The predicted molar refractivity (Wildman–Crippen MR) is 59.0 cm³/mol. The molecule has 0 aliphatic carbocycles. The summed E-state index contributed by atoms with van der Waals surface area (Å²) in [5, 5.41) is 0. The Morgan fingerprint density at radius 2 is 1.92 bits per heavy atom. The van der Waals surface area contributed by atoms with Crippen molar-refractivity contribution in [3.8, 4) is 11.5 Å². The van der Waals surface area contributed by atoms with Crippen molar-refractivity contribution < 1.29 is 9.47 Å². The van der Waals surface area contributed by atoms with Gasteiger partial charge >= 0.3 is 0 Å². The third-order valence-corrected chi connectivity index (χ3v) is 3.08. The Balaban J connectivity index is 3.27. The molecule has 1 aromatic carbocycles. The lowest BCUT2D eigenvalue weighted by Gasteiger charge is -2.12. The minimum Gasteiger partial charge on any atom is -0.495 e. The topological polar surface area (TPSA) is 18.5 Å². The van der Waals surface area contributed by atoms with E-state index in [4.69, 9.17) is 9.47 Å². The van der Waals surface area contributed by atoms with Gasteiger partial charge in [0.1, 0.15) is 11.5 Å². The maximum atomic E-state index is 5.26. The van der Waals surface area contributed by atoms with Gasteiger partial charge < -0.3 is 9.47 Å². The Labute approximate surface area is 90.7 Å². The fourth-order valence-corrected chi connectivity index (χ4v) is 2.42. The fraction of sp³-hybridized carbons (Fsp3) is 0.333. The van der Waals surface area contributed by atoms with E-state index in [0.717, 1.165) is 20.9 Å². The lowest BCUT2D eigenvalue weighted by Crippen LogP contribution is -1.92. The quantitative estimate of drug-likeness (QED) is 0.780. The molecule has 0 atom stereocenters. The molecule has 1 aromatic rings. The van der Waals surface area contributed by atoms with Crippen LogP contribution in [0.4, 0.5) is 0 Å². The van der Waals surface area contributed by atoms with Crippen molar-refractivity contribution in [2.24, 2.45) is 0 Å². The van der Waals surface area contributed by atoms with Crippen LogP contribution in [-0.2, 0) is 0 Å². The Morgan fingerprint density at radius 3 is 2.38 bits per heavy atom. The minimum atomic E-state index is 0.826. The zero-order valence-corrected chi connectivity index (χ0v) is 10.2. The Morgan fingerprint density at radius 1 is 1.23 bits per heavy atom. The van der Waals surface area contributed by atoms with Crippen LogP contribution >= 0.6 is 27.7 Å². The molecule has 0 unspecified atom stereocenters. The number of rotatable bonds is 3. The van der Waals surface area contributed by atoms with Crippen LogP contribution in [0.2, 0.25) is 0 Å². The monoisotopic (exact) mass is 262 g/mol. The van der Waals surface area contributed by atoms with E-state index in [9.17, 15) is 0 Å². The summed E-state index contributed by atoms with van der Waals surface area (Å²) in [4.78, 5) is 1.01. The van der Waals surface area contributed by atoms with E-state index in [0.29, 0.717) is 0 Å². The summed E-state index contributed by atoms with van der Waals surface area (Å²) in [6, 6.07) is 3.83. The zero-order chi connectivity index (χ0) is 9.84. The summed E-state index contributed by atoms with van der Waals surface area (Å²) in [5.41, 5.74) is 0. The third-order valence-electron chi connectivity index (χ3n) is 1.66. The molecule has 0 aromatic heterocycles. The average molecular weight is 263 g/mol. The van der Waals surface area contributed by atoms with Crippen LogP contribution < -0.4 is 9.47 Å². The van der Waals surface area contributed by atoms with Crippen molar-refractivity contribution >= 4 is 27.7 Å². The van der Waals surface area contributed by atoms with E-state index in [2.05, 4.69) is 15.9 Å². The van der Waals surface area contributed by atoms with E-state index in [-0.39, 0.29) is 0 Å². The SMILES string of the molecule is COc1ccc(Br)c(OC)c1SC. The van der Waals surface area contributed by atoms with Gasteiger partial charge in [0.25, 0.3) is 0 Å². The molecule has 0 aliphatic heterocycles. The lowest BCUT2D eigenvalue weighted by atomic mass is 10.3. The van der Waals surface area contributed by atoms with Gasteiger partial charge in [-0.1, -0.05) is 0 Å². The van der Waals surface area contributed by atoms with Crippen LogP contribution in [-0.4, -0.2) is 20.5 Å². The van der Waals surface area contributed by atoms with Crippen molar-refractivity contribution in [3.63, 3.8) is 0 Å². The molecule has 13 heavy (non-hydrogen) atoms. The van der Waals surface area contributed by atoms with Gasteiger partial charge in [-0.15, -0.1) is 11.8 Å². The van der Waals surface area contributed by atoms with Crippen molar-refractivity contribution in [2.45, 2.75) is 4.90 Å². The molecule has 0 aliphatic rings. The third kappa shape index (κ3) is 2.11.